The van der Waals surface area contributed by atoms with Crippen LogP contribution in [0.2, 0.25) is 0 Å². The van der Waals surface area contributed by atoms with Crippen LogP contribution in [0.4, 0.5) is 0 Å². The number of nitrogens with two attached hydrogens (primary N) is 1. The fraction of sp³-hybridized carbons (Fsp3) is 0.625. The van der Waals surface area contributed by atoms with Gasteiger partial charge in [0.15, 0.2) is 0 Å². The Morgan fingerprint density at radius 3 is 2.33 bits per heavy atom. The Kier molecular flexibility index (Phi) is 4.28. The second-order valence-corrected chi connectivity index (χ2v) is 5.74. The number of para-hydroxylation sites is 1. The van der Waals surface area contributed by atoms with E-state index in [0.29, 0.717) is 0 Å². The van der Waals surface area contributed by atoms with Crippen molar-refractivity contribution in [3.8, 4) is 5.75 Å². The molecule has 2 rings (SSSR count). The summed E-state index contributed by atoms with van der Waals surface area (Å²) < 4.78 is 5.96. The van der Waals surface area contributed by atoms with E-state index in [1.807, 2.05) is 0 Å². The second-order valence-electron chi connectivity index (χ2n) is 5.74. The van der Waals surface area contributed by atoms with E-state index in [1.165, 1.54) is 30.4 Å². The van der Waals surface area contributed by atoms with Crippen molar-refractivity contribution in [2.45, 2.75) is 57.9 Å². The SMILES string of the molecule is Cc1cccc(C)c1OCCC1(N)CCCCC1. The van der Waals surface area contributed by atoms with E-state index in [1.54, 1.807) is 0 Å². The highest BCUT2D eigenvalue weighted by atomic mass is 16.5. The molecule has 100 valence electrons. The van der Waals surface area contributed by atoms with E-state index in [2.05, 4.69) is 32.0 Å². The van der Waals surface area contributed by atoms with Crippen molar-refractivity contribution >= 4 is 0 Å². The first-order valence-electron chi connectivity index (χ1n) is 7.09. The highest BCUT2D eigenvalue weighted by Crippen LogP contribution is 2.29. The number of hydrogen-bond donors (Lipinski definition) is 1. The summed E-state index contributed by atoms with van der Waals surface area (Å²) in [6, 6.07) is 6.27. The van der Waals surface area contributed by atoms with Gasteiger partial charge in [-0.2, -0.15) is 0 Å². The van der Waals surface area contributed by atoms with Crippen LogP contribution < -0.4 is 10.5 Å². The largest absolute Gasteiger partial charge is 0.493 e. The van der Waals surface area contributed by atoms with E-state index >= 15 is 0 Å². The number of hydrogen-bond acceptors (Lipinski definition) is 2. The molecule has 0 atom stereocenters. The molecule has 2 nitrogen and oxygen atoms in total. The lowest BCUT2D eigenvalue weighted by Crippen LogP contribution is -2.42. The first-order valence-corrected chi connectivity index (χ1v) is 7.09. The molecule has 18 heavy (non-hydrogen) atoms. The van der Waals surface area contributed by atoms with Gasteiger partial charge in [0.1, 0.15) is 5.75 Å². The molecule has 0 heterocycles. The topological polar surface area (TPSA) is 35.2 Å². The van der Waals surface area contributed by atoms with Crippen molar-refractivity contribution in [3.05, 3.63) is 29.3 Å². The van der Waals surface area contributed by atoms with E-state index in [0.717, 1.165) is 31.6 Å². The highest BCUT2D eigenvalue weighted by molar-refractivity contribution is 5.39. The summed E-state index contributed by atoms with van der Waals surface area (Å²) in [5, 5.41) is 0. The van der Waals surface area contributed by atoms with Gasteiger partial charge in [0.2, 0.25) is 0 Å². The number of benzene rings is 1. The molecule has 1 saturated carbocycles. The van der Waals surface area contributed by atoms with Gasteiger partial charge in [0.25, 0.3) is 0 Å². The average molecular weight is 247 g/mol. The summed E-state index contributed by atoms with van der Waals surface area (Å²) in [5.41, 5.74) is 8.87. The molecule has 1 aromatic rings. The van der Waals surface area contributed by atoms with Crippen LogP contribution >= 0.6 is 0 Å². The van der Waals surface area contributed by atoms with Crippen LogP contribution in [-0.4, -0.2) is 12.1 Å². The maximum Gasteiger partial charge on any atom is 0.125 e. The molecule has 0 unspecified atom stereocenters. The quantitative estimate of drug-likeness (QED) is 0.879. The zero-order valence-electron chi connectivity index (χ0n) is 11.7. The summed E-state index contributed by atoms with van der Waals surface area (Å²) in [6.45, 7) is 4.94. The molecule has 1 aromatic carbocycles. The van der Waals surface area contributed by atoms with Crippen molar-refractivity contribution in [2.24, 2.45) is 5.73 Å². The average Bonchev–Trinajstić information content (AvgIpc) is 2.34. The van der Waals surface area contributed by atoms with Gasteiger partial charge >= 0.3 is 0 Å². The molecule has 0 bridgehead atoms. The molecule has 0 saturated heterocycles. The van der Waals surface area contributed by atoms with Gasteiger partial charge in [0, 0.05) is 5.54 Å². The van der Waals surface area contributed by atoms with Crippen LogP contribution in [0, 0.1) is 13.8 Å². The van der Waals surface area contributed by atoms with Crippen molar-refractivity contribution in [3.63, 3.8) is 0 Å². The van der Waals surface area contributed by atoms with Crippen LogP contribution in [0.25, 0.3) is 0 Å². The first kappa shape index (κ1) is 13.4. The molecule has 0 amide bonds. The first-order chi connectivity index (χ1) is 8.61. The molecule has 0 aromatic heterocycles. The minimum atomic E-state index is 0.0227. The third-order valence-corrected chi connectivity index (χ3v) is 4.10. The van der Waals surface area contributed by atoms with E-state index in [9.17, 15) is 0 Å². The van der Waals surface area contributed by atoms with Crippen LogP contribution in [0.1, 0.15) is 49.7 Å². The van der Waals surface area contributed by atoms with Crippen molar-refractivity contribution in [1.29, 1.82) is 0 Å². The Bertz CT molecular complexity index is 374. The van der Waals surface area contributed by atoms with Gasteiger partial charge < -0.3 is 10.5 Å². The van der Waals surface area contributed by atoms with Crippen LogP contribution in [0.5, 0.6) is 5.75 Å². The Hall–Kier alpha value is -1.02. The van der Waals surface area contributed by atoms with E-state index in [-0.39, 0.29) is 5.54 Å². The predicted molar refractivity (Wildman–Crippen MR) is 76.0 cm³/mol. The van der Waals surface area contributed by atoms with Crippen molar-refractivity contribution < 1.29 is 4.74 Å². The molecule has 0 aliphatic heterocycles. The molecule has 1 aliphatic carbocycles. The second kappa shape index (κ2) is 5.75. The summed E-state index contributed by atoms with van der Waals surface area (Å²) in [4.78, 5) is 0. The van der Waals surface area contributed by atoms with E-state index < -0.39 is 0 Å². The Labute approximate surface area is 111 Å². The molecule has 2 N–H and O–H groups in total. The minimum absolute atomic E-state index is 0.0227. The third kappa shape index (κ3) is 3.26. The van der Waals surface area contributed by atoms with Gasteiger partial charge in [-0.15, -0.1) is 0 Å². The zero-order valence-corrected chi connectivity index (χ0v) is 11.7. The Morgan fingerprint density at radius 1 is 1.11 bits per heavy atom. The lowest BCUT2D eigenvalue weighted by molar-refractivity contribution is 0.213. The maximum atomic E-state index is 6.42. The minimum Gasteiger partial charge on any atom is -0.493 e. The van der Waals surface area contributed by atoms with Crippen LogP contribution in [0.15, 0.2) is 18.2 Å². The monoisotopic (exact) mass is 247 g/mol. The summed E-state index contributed by atoms with van der Waals surface area (Å²) in [6.07, 6.45) is 7.18. The van der Waals surface area contributed by atoms with Gasteiger partial charge in [-0.05, 0) is 44.2 Å². The zero-order chi connectivity index (χ0) is 13.0. The van der Waals surface area contributed by atoms with Crippen LogP contribution in [-0.2, 0) is 0 Å². The van der Waals surface area contributed by atoms with Gasteiger partial charge in [-0.3, -0.25) is 0 Å². The fourth-order valence-corrected chi connectivity index (χ4v) is 2.89. The standard InChI is InChI=1S/C16H25NO/c1-13-7-6-8-14(2)15(13)18-12-11-16(17)9-4-3-5-10-16/h6-8H,3-5,9-12,17H2,1-2H3. The molecular formula is C16H25NO. The summed E-state index contributed by atoms with van der Waals surface area (Å²) in [5.74, 6) is 1.04. The lowest BCUT2D eigenvalue weighted by Gasteiger charge is -2.33. The number of ether oxygens (including phenoxy) is 1. The Morgan fingerprint density at radius 2 is 1.72 bits per heavy atom. The summed E-state index contributed by atoms with van der Waals surface area (Å²) in [7, 11) is 0. The van der Waals surface area contributed by atoms with Gasteiger partial charge in [-0.1, -0.05) is 37.5 Å². The normalized spacial score (nSPS) is 18.6. The molecule has 0 spiro atoms. The van der Waals surface area contributed by atoms with Crippen LogP contribution in [0.3, 0.4) is 0 Å². The molecule has 1 fully saturated rings. The predicted octanol–water partition coefficient (Wildman–Crippen LogP) is 3.73. The molecular weight excluding hydrogens is 222 g/mol. The molecule has 1 aliphatic rings. The Balaban J connectivity index is 1.88. The number of rotatable bonds is 4. The van der Waals surface area contributed by atoms with Crippen molar-refractivity contribution in [2.75, 3.05) is 6.61 Å². The summed E-state index contributed by atoms with van der Waals surface area (Å²) >= 11 is 0. The van der Waals surface area contributed by atoms with Gasteiger partial charge in [0.05, 0.1) is 6.61 Å². The lowest BCUT2D eigenvalue weighted by atomic mass is 9.80. The fourth-order valence-electron chi connectivity index (χ4n) is 2.89. The number of aryl methyl sites for hydroxylation is 2. The molecule has 2 heteroatoms. The maximum absolute atomic E-state index is 6.42. The highest BCUT2D eigenvalue weighted by Gasteiger charge is 2.27. The van der Waals surface area contributed by atoms with Crippen molar-refractivity contribution in [1.82, 2.24) is 0 Å². The van der Waals surface area contributed by atoms with Gasteiger partial charge in [-0.25, -0.2) is 0 Å². The smallest absolute Gasteiger partial charge is 0.125 e. The molecule has 0 radical (unpaired) electrons. The van der Waals surface area contributed by atoms with E-state index in [4.69, 9.17) is 10.5 Å². The third-order valence-electron chi connectivity index (χ3n) is 4.10.